The Balaban J connectivity index is 1.62. The van der Waals surface area contributed by atoms with Crippen molar-refractivity contribution in [2.24, 2.45) is 0 Å². The van der Waals surface area contributed by atoms with Crippen LogP contribution in [0.2, 0.25) is 0 Å². The van der Waals surface area contributed by atoms with Gasteiger partial charge in [-0.2, -0.15) is 0 Å². The van der Waals surface area contributed by atoms with Crippen LogP contribution < -0.4 is 0 Å². The first-order valence-corrected chi connectivity index (χ1v) is 9.14. The van der Waals surface area contributed by atoms with Crippen LogP contribution in [-0.4, -0.2) is 58.3 Å². The number of hydrogen-bond donors (Lipinski definition) is 2. The average Bonchev–Trinajstić information content (AvgIpc) is 2.58. The van der Waals surface area contributed by atoms with Crippen LogP contribution in [0.5, 0.6) is 5.75 Å². The molecule has 1 saturated heterocycles. The highest BCUT2D eigenvalue weighted by atomic mass is 16.3. The van der Waals surface area contributed by atoms with Gasteiger partial charge in [-0.05, 0) is 25.3 Å². The normalized spacial score (nSPS) is 24.8. The maximum Gasteiger partial charge on any atom is 0.120 e. The highest BCUT2D eigenvalue weighted by Crippen LogP contribution is 2.28. The van der Waals surface area contributed by atoms with Crippen molar-refractivity contribution < 1.29 is 10.2 Å². The second-order valence-corrected chi connectivity index (χ2v) is 7.06. The first-order chi connectivity index (χ1) is 11.3. The highest BCUT2D eigenvalue weighted by Gasteiger charge is 2.32. The lowest BCUT2D eigenvalue weighted by atomic mass is 9.91. The summed E-state index contributed by atoms with van der Waals surface area (Å²) in [5, 5.41) is 19.5. The van der Waals surface area contributed by atoms with E-state index in [9.17, 15) is 10.2 Å². The summed E-state index contributed by atoms with van der Waals surface area (Å²) in [7, 11) is 0. The molecule has 23 heavy (non-hydrogen) atoms. The molecule has 0 aromatic heterocycles. The topological polar surface area (TPSA) is 46.9 Å². The molecule has 1 atom stereocenters. The number of aliphatic hydroxyl groups excluding tert-OH is 1. The van der Waals surface area contributed by atoms with Crippen molar-refractivity contribution in [1.29, 1.82) is 0 Å². The number of aromatic hydroxyl groups is 1. The maximum absolute atomic E-state index is 9.99. The van der Waals surface area contributed by atoms with E-state index in [1.54, 1.807) is 6.07 Å². The van der Waals surface area contributed by atoms with Gasteiger partial charge in [0.2, 0.25) is 0 Å². The first-order valence-electron chi connectivity index (χ1n) is 9.14. The van der Waals surface area contributed by atoms with Crippen LogP contribution in [0.3, 0.4) is 0 Å². The van der Waals surface area contributed by atoms with Gasteiger partial charge in [-0.25, -0.2) is 0 Å². The third-order valence-electron chi connectivity index (χ3n) is 5.50. The molecular weight excluding hydrogens is 288 g/mol. The van der Waals surface area contributed by atoms with Crippen molar-refractivity contribution >= 4 is 0 Å². The smallest absolute Gasteiger partial charge is 0.120 e. The molecule has 1 unspecified atom stereocenters. The second-order valence-electron chi connectivity index (χ2n) is 7.06. The van der Waals surface area contributed by atoms with Gasteiger partial charge in [0.05, 0.1) is 0 Å². The van der Waals surface area contributed by atoms with E-state index in [1.807, 2.05) is 18.2 Å². The average molecular weight is 318 g/mol. The summed E-state index contributed by atoms with van der Waals surface area (Å²) >= 11 is 0. The fourth-order valence-electron chi connectivity index (χ4n) is 4.26. The molecule has 0 radical (unpaired) electrons. The number of aliphatic hydroxyl groups is 1. The third kappa shape index (κ3) is 4.25. The summed E-state index contributed by atoms with van der Waals surface area (Å²) in [6.07, 6.45) is 7.59. The Morgan fingerprint density at radius 1 is 1.04 bits per heavy atom. The molecule has 1 aromatic rings. The van der Waals surface area contributed by atoms with Crippen LogP contribution >= 0.6 is 0 Å². The number of phenolic OH excluding ortho intramolecular Hbond substituents is 1. The van der Waals surface area contributed by atoms with Gasteiger partial charge in [0.1, 0.15) is 5.75 Å². The summed E-state index contributed by atoms with van der Waals surface area (Å²) in [5.74, 6) is 0.390. The van der Waals surface area contributed by atoms with Crippen molar-refractivity contribution in [2.45, 2.75) is 57.2 Å². The number of phenols is 1. The monoisotopic (exact) mass is 318 g/mol. The second kappa shape index (κ2) is 8.13. The molecule has 1 aliphatic heterocycles. The predicted molar refractivity (Wildman–Crippen MR) is 92.5 cm³/mol. The standard InChI is InChI=1S/C19H30N2O2/c22-13-10-18-15-20(14-16-6-4-5-9-19(16)23)11-12-21(18)17-7-2-1-3-8-17/h4-6,9,17-18,22-23H,1-3,7-8,10-15H2. The number of piperazine rings is 1. The lowest BCUT2D eigenvalue weighted by Crippen LogP contribution is -2.56. The van der Waals surface area contributed by atoms with Gasteiger partial charge in [0.15, 0.2) is 0 Å². The molecule has 1 aliphatic carbocycles. The van der Waals surface area contributed by atoms with E-state index in [-0.39, 0.29) is 6.61 Å². The molecule has 2 aliphatic rings. The summed E-state index contributed by atoms with van der Waals surface area (Å²) in [6, 6.07) is 8.78. The van der Waals surface area contributed by atoms with E-state index in [0.717, 1.165) is 38.2 Å². The minimum absolute atomic E-state index is 0.262. The number of rotatable bonds is 5. The van der Waals surface area contributed by atoms with Crippen molar-refractivity contribution in [3.8, 4) is 5.75 Å². The summed E-state index contributed by atoms with van der Waals surface area (Å²) in [4.78, 5) is 5.09. The van der Waals surface area contributed by atoms with Crippen LogP contribution in [0.25, 0.3) is 0 Å². The molecular formula is C19H30N2O2. The van der Waals surface area contributed by atoms with Crippen molar-refractivity contribution in [2.75, 3.05) is 26.2 Å². The zero-order valence-electron chi connectivity index (χ0n) is 14.0. The summed E-state index contributed by atoms with van der Waals surface area (Å²) in [6.45, 7) is 4.19. The van der Waals surface area contributed by atoms with Gasteiger partial charge in [-0.15, -0.1) is 0 Å². The number of hydrogen-bond acceptors (Lipinski definition) is 4. The molecule has 4 heteroatoms. The van der Waals surface area contributed by atoms with Crippen LogP contribution in [0.1, 0.15) is 44.1 Å². The lowest BCUT2D eigenvalue weighted by molar-refractivity contribution is 0.0134. The van der Waals surface area contributed by atoms with Gasteiger partial charge >= 0.3 is 0 Å². The van der Waals surface area contributed by atoms with Crippen molar-refractivity contribution in [3.63, 3.8) is 0 Å². The Kier molecular flexibility index (Phi) is 5.92. The van der Waals surface area contributed by atoms with E-state index in [4.69, 9.17) is 0 Å². The van der Waals surface area contributed by atoms with Gasteiger partial charge in [-0.1, -0.05) is 37.5 Å². The molecule has 3 rings (SSSR count). The Hall–Kier alpha value is -1.10. The van der Waals surface area contributed by atoms with E-state index in [2.05, 4.69) is 9.80 Å². The first kappa shape index (κ1) is 16.7. The zero-order valence-corrected chi connectivity index (χ0v) is 14.0. The van der Waals surface area contributed by atoms with E-state index in [0.29, 0.717) is 17.8 Å². The molecule has 0 amide bonds. The van der Waals surface area contributed by atoms with Crippen LogP contribution in [0, 0.1) is 0 Å². The molecule has 1 saturated carbocycles. The van der Waals surface area contributed by atoms with E-state index >= 15 is 0 Å². The molecule has 4 nitrogen and oxygen atoms in total. The Labute approximate surface area is 139 Å². The largest absolute Gasteiger partial charge is 0.508 e. The van der Waals surface area contributed by atoms with Crippen LogP contribution in [0.4, 0.5) is 0 Å². The summed E-state index contributed by atoms with van der Waals surface area (Å²) in [5.41, 5.74) is 1.00. The van der Waals surface area contributed by atoms with E-state index < -0.39 is 0 Å². The molecule has 0 spiro atoms. The van der Waals surface area contributed by atoms with Gasteiger partial charge in [-0.3, -0.25) is 9.80 Å². The molecule has 2 N–H and O–H groups in total. The van der Waals surface area contributed by atoms with Gasteiger partial charge in [0, 0.05) is 50.4 Å². The lowest BCUT2D eigenvalue weighted by Gasteiger charge is -2.46. The fraction of sp³-hybridized carbons (Fsp3) is 0.684. The van der Waals surface area contributed by atoms with E-state index in [1.165, 1.54) is 32.1 Å². The van der Waals surface area contributed by atoms with Gasteiger partial charge in [0.25, 0.3) is 0 Å². The molecule has 128 valence electrons. The number of benzene rings is 1. The maximum atomic E-state index is 9.99. The van der Waals surface area contributed by atoms with Crippen molar-refractivity contribution in [3.05, 3.63) is 29.8 Å². The number of nitrogens with zero attached hydrogens (tertiary/aromatic N) is 2. The molecule has 0 bridgehead atoms. The quantitative estimate of drug-likeness (QED) is 0.876. The minimum Gasteiger partial charge on any atom is -0.508 e. The Bertz CT molecular complexity index is 488. The van der Waals surface area contributed by atoms with Crippen LogP contribution in [0.15, 0.2) is 24.3 Å². The molecule has 1 aromatic carbocycles. The Morgan fingerprint density at radius 2 is 1.83 bits per heavy atom. The summed E-state index contributed by atoms with van der Waals surface area (Å²) < 4.78 is 0. The fourth-order valence-corrected chi connectivity index (χ4v) is 4.26. The van der Waals surface area contributed by atoms with Crippen molar-refractivity contribution in [1.82, 2.24) is 9.80 Å². The SMILES string of the molecule is OCCC1CN(Cc2ccccc2O)CCN1C1CCCCC1. The minimum atomic E-state index is 0.262. The third-order valence-corrected chi connectivity index (χ3v) is 5.50. The number of para-hydroxylation sites is 1. The Morgan fingerprint density at radius 3 is 2.57 bits per heavy atom. The molecule has 1 heterocycles. The zero-order chi connectivity index (χ0) is 16.1. The highest BCUT2D eigenvalue weighted by molar-refractivity contribution is 5.31. The predicted octanol–water partition coefficient (Wildman–Crippen LogP) is 2.59. The van der Waals surface area contributed by atoms with Gasteiger partial charge < -0.3 is 10.2 Å². The molecule has 2 fully saturated rings. The van der Waals surface area contributed by atoms with Crippen LogP contribution in [-0.2, 0) is 6.54 Å².